The summed E-state index contributed by atoms with van der Waals surface area (Å²) in [5.74, 6) is -0.420. The smallest absolute Gasteiger partial charge is 0.340 e. The molecule has 0 bridgehead atoms. The lowest BCUT2D eigenvalue weighted by molar-refractivity contribution is 0.0527. The van der Waals surface area contributed by atoms with E-state index in [1.54, 1.807) is 26.4 Å². The Morgan fingerprint density at radius 2 is 1.28 bits per heavy atom. The number of esters is 1. The number of carbonyl (C=O) groups is 1. The first-order valence-electron chi connectivity index (χ1n) is 18.0. The van der Waals surface area contributed by atoms with Crippen molar-refractivity contribution in [1.29, 1.82) is 0 Å². The number of fused-ring (bicyclic) bond motifs is 1. The van der Waals surface area contributed by atoms with Gasteiger partial charge in [0.15, 0.2) is 0 Å². The molecule has 1 atom stereocenters. The van der Waals surface area contributed by atoms with Crippen LogP contribution in [0.4, 0.5) is 28.4 Å². The number of anilines is 5. The zero-order valence-corrected chi connectivity index (χ0v) is 31.8. The SMILES string of the molecule is C=C/C=C(/Nc1ccc(C(c2ccc(Nc3ccccc3C)cc2)c2ccc(Nc3ccccc3C(=O)OCC)c3ccccc23)cc1)C(=C)C.COC. The van der Waals surface area contributed by atoms with Gasteiger partial charge in [-0.25, -0.2) is 4.79 Å². The largest absolute Gasteiger partial charge is 0.462 e. The third-order valence-corrected chi connectivity index (χ3v) is 8.90. The quantitative estimate of drug-likeness (QED) is 0.0628. The lowest BCUT2D eigenvalue weighted by Crippen LogP contribution is -2.08. The Balaban J connectivity index is 0.00000181. The van der Waals surface area contributed by atoms with Crippen molar-refractivity contribution in [3.63, 3.8) is 0 Å². The summed E-state index contributed by atoms with van der Waals surface area (Å²) in [6.45, 7) is 14.2. The summed E-state index contributed by atoms with van der Waals surface area (Å²) in [5.41, 5.74) is 11.7. The molecule has 6 rings (SSSR count). The number of rotatable bonds is 13. The van der Waals surface area contributed by atoms with Gasteiger partial charge in [0, 0.05) is 54.0 Å². The number of benzene rings is 6. The first kappa shape index (κ1) is 38.9. The number of hydrogen-bond donors (Lipinski definition) is 3. The molecule has 0 fully saturated rings. The van der Waals surface area contributed by atoms with Crippen molar-refractivity contribution < 1.29 is 14.3 Å². The molecule has 274 valence electrons. The maximum Gasteiger partial charge on any atom is 0.340 e. The van der Waals surface area contributed by atoms with Gasteiger partial charge in [0.05, 0.1) is 17.9 Å². The van der Waals surface area contributed by atoms with Crippen LogP contribution in [-0.4, -0.2) is 26.8 Å². The average molecular weight is 716 g/mol. The number of aryl methyl sites for hydroxylation is 1. The van der Waals surface area contributed by atoms with Crippen LogP contribution in [0.1, 0.15) is 52.4 Å². The molecule has 0 heterocycles. The Hall–Kier alpha value is -6.37. The van der Waals surface area contributed by atoms with Gasteiger partial charge in [-0.2, -0.15) is 0 Å². The van der Waals surface area contributed by atoms with E-state index in [2.05, 4.69) is 132 Å². The molecular weight excluding hydrogens is 667 g/mol. The standard InChI is InChI=1S/C46H43N3O2.C2H6O/c1-6-14-41(31(3)4)47-35-25-21-33(22-26-35)45(34-23-27-36(28-24-34)48-42-19-12-8-15-32(42)5)39-29-30-44(38-17-10-9-16-37(38)39)49-43-20-13-11-18-40(43)46(50)51-7-2;1-3-2/h6,8-30,45,47-49H,1,3,7H2,2,4-5H3;1-2H3/b41-14+;. The van der Waals surface area contributed by atoms with Gasteiger partial charge in [-0.05, 0) is 109 Å². The van der Waals surface area contributed by atoms with Crippen LogP contribution in [0.3, 0.4) is 0 Å². The number of allylic oxidation sites excluding steroid dienone is 3. The third kappa shape index (κ3) is 9.54. The Morgan fingerprint density at radius 1 is 0.704 bits per heavy atom. The molecule has 0 amide bonds. The zero-order chi connectivity index (χ0) is 38.5. The van der Waals surface area contributed by atoms with Gasteiger partial charge in [-0.3, -0.25) is 0 Å². The van der Waals surface area contributed by atoms with E-state index in [1.807, 2.05) is 56.3 Å². The highest BCUT2D eigenvalue weighted by Gasteiger charge is 2.21. The van der Waals surface area contributed by atoms with Crippen molar-refractivity contribution in [2.75, 3.05) is 36.8 Å². The highest BCUT2D eigenvalue weighted by Crippen LogP contribution is 2.40. The van der Waals surface area contributed by atoms with Gasteiger partial charge < -0.3 is 25.4 Å². The van der Waals surface area contributed by atoms with Gasteiger partial charge in [0.25, 0.3) is 0 Å². The van der Waals surface area contributed by atoms with Crippen LogP contribution in [0.15, 0.2) is 170 Å². The maximum absolute atomic E-state index is 12.8. The number of nitrogens with one attached hydrogen (secondary N) is 3. The fraction of sp³-hybridized carbons (Fsp3) is 0.146. The van der Waals surface area contributed by atoms with Gasteiger partial charge in [-0.15, -0.1) is 0 Å². The second-order valence-corrected chi connectivity index (χ2v) is 12.9. The van der Waals surface area contributed by atoms with Crippen LogP contribution in [0.2, 0.25) is 0 Å². The summed E-state index contributed by atoms with van der Waals surface area (Å²) in [4.78, 5) is 12.8. The number of para-hydroxylation sites is 2. The maximum atomic E-state index is 12.8. The Kier molecular flexibility index (Phi) is 13.6. The molecule has 0 radical (unpaired) electrons. The summed E-state index contributed by atoms with van der Waals surface area (Å²) >= 11 is 0. The number of methoxy groups -OCH3 is 1. The average Bonchev–Trinajstić information content (AvgIpc) is 3.18. The molecule has 6 nitrogen and oxygen atoms in total. The highest BCUT2D eigenvalue weighted by atomic mass is 16.5. The molecule has 0 aliphatic heterocycles. The van der Waals surface area contributed by atoms with Gasteiger partial charge in [-0.1, -0.05) is 104 Å². The molecule has 0 saturated heterocycles. The molecule has 0 saturated carbocycles. The minimum absolute atomic E-state index is 0.0679. The van der Waals surface area contributed by atoms with Crippen LogP contribution in [0, 0.1) is 6.92 Å². The van der Waals surface area contributed by atoms with Crippen molar-refractivity contribution >= 4 is 45.2 Å². The van der Waals surface area contributed by atoms with E-state index in [-0.39, 0.29) is 11.9 Å². The third-order valence-electron chi connectivity index (χ3n) is 8.90. The van der Waals surface area contributed by atoms with Crippen molar-refractivity contribution in [1.82, 2.24) is 0 Å². The first-order valence-corrected chi connectivity index (χ1v) is 18.0. The van der Waals surface area contributed by atoms with Crippen molar-refractivity contribution in [3.8, 4) is 0 Å². The normalized spacial score (nSPS) is 11.5. The summed E-state index contributed by atoms with van der Waals surface area (Å²) in [6.07, 6.45) is 3.69. The molecule has 3 N–H and O–H groups in total. The van der Waals surface area contributed by atoms with Gasteiger partial charge >= 0.3 is 5.97 Å². The second kappa shape index (κ2) is 18.9. The predicted octanol–water partition coefficient (Wildman–Crippen LogP) is 12.3. The molecule has 6 heteroatoms. The van der Waals surface area contributed by atoms with Crippen molar-refractivity contribution in [2.45, 2.75) is 26.7 Å². The predicted molar refractivity (Wildman–Crippen MR) is 228 cm³/mol. The van der Waals surface area contributed by atoms with Crippen molar-refractivity contribution in [2.24, 2.45) is 0 Å². The highest BCUT2D eigenvalue weighted by molar-refractivity contribution is 6.01. The topological polar surface area (TPSA) is 71.6 Å². The number of hydrogen-bond acceptors (Lipinski definition) is 6. The van der Waals surface area contributed by atoms with E-state index in [9.17, 15) is 4.79 Å². The Bertz CT molecular complexity index is 2240. The fourth-order valence-electron chi connectivity index (χ4n) is 6.31. The summed E-state index contributed by atoms with van der Waals surface area (Å²) in [6, 6.07) is 45.8. The van der Waals surface area contributed by atoms with Crippen LogP contribution in [0.5, 0.6) is 0 Å². The Labute approximate surface area is 319 Å². The molecule has 0 spiro atoms. The molecule has 0 aromatic heterocycles. The Morgan fingerprint density at radius 3 is 1.89 bits per heavy atom. The molecule has 0 aliphatic carbocycles. The zero-order valence-electron chi connectivity index (χ0n) is 31.8. The van der Waals surface area contributed by atoms with Gasteiger partial charge in [0.2, 0.25) is 0 Å². The molecular formula is C48H49N3O3. The van der Waals surface area contributed by atoms with Crippen LogP contribution in [0.25, 0.3) is 10.8 Å². The van der Waals surface area contributed by atoms with Gasteiger partial charge in [0.1, 0.15) is 0 Å². The van der Waals surface area contributed by atoms with Crippen LogP contribution >= 0.6 is 0 Å². The lowest BCUT2D eigenvalue weighted by Gasteiger charge is -2.23. The van der Waals surface area contributed by atoms with E-state index in [1.165, 1.54) is 16.7 Å². The number of ether oxygens (including phenoxy) is 2. The van der Waals surface area contributed by atoms with E-state index in [0.717, 1.165) is 50.4 Å². The fourth-order valence-corrected chi connectivity index (χ4v) is 6.31. The molecule has 0 aliphatic rings. The van der Waals surface area contributed by atoms with Crippen LogP contribution in [-0.2, 0) is 9.47 Å². The van der Waals surface area contributed by atoms with Crippen LogP contribution < -0.4 is 16.0 Å². The summed E-state index contributed by atoms with van der Waals surface area (Å²) in [7, 11) is 3.25. The van der Waals surface area contributed by atoms with E-state index >= 15 is 0 Å². The lowest BCUT2D eigenvalue weighted by atomic mass is 9.82. The van der Waals surface area contributed by atoms with E-state index in [0.29, 0.717) is 17.9 Å². The number of carbonyl (C=O) groups excluding carboxylic acids is 1. The second-order valence-electron chi connectivity index (χ2n) is 12.9. The minimum Gasteiger partial charge on any atom is -0.462 e. The molecule has 54 heavy (non-hydrogen) atoms. The van der Waals surface area contributed by atoms with E-state index in [4.69, 9.17) is 4.74 Å². The first-order chi connectivity index (χ1) is 26.3. The summed E-state index contributed by atoms with van der Waals surface area (Å²) < 4.78 is 9.59. The molecule has 1 unspecified atom stereocenters. The monoisotopic (exact) mass is 715 g/mol. The summed E-state index contributed by atoms with van der Waals surface area (Å²) in [5, 5.41) is 12.8. The minimum atomic E-state index is -0.352. The molecule has 6 aromatic rings. The van der Waals surface area contributed by atoms with Crippen molar-refractivity contribution in [3.05, 3.63) is 198 Å². The molecule has 6 aromatic carbocycles. The van der Waals surface area contributed by atoms with E-state index < -0.39 is 0 Å².